The Balaban J connectivity index is 2.19. The number of rotatable bonds is 5. The van der Waals surface area contributed by atoms with Gasteiger partial charge >= 0.3 is 0 Å². The van der Waals surface area contributed by atoms with Crippen LogP contribution in [0.3, 0.4) is 0 Å². The molecular weight excluding hydrogens is 226 g/mol. The standard InChI is InChI=1S/C13H17N5/c1-2-17-12(13-9-16-5-6-18-13)7-10-8-15-4-3-11(10)14/h3-6,8-9,12,17H,2,7H2,1H3,(H2,14,15). The van der Waals surface area contributed by atoms with Gasteiger partial charge in [0.1, 0.15) is 0 Å². The molecule has 94 valence electrons. The lowest BCUT2D eigenvalue weighted by Gasteiger charge is -2.17. The summed E-state index contributed by atoms with van der Waals surface area (Å²) in [6.07, 6.45) is 9.41. The van der Waals surface area contributed by atoms with Crippen LogP contribution in [0.15, 0.2) is 37.1 Å². The summed E-state index contributed by atoms with van der Waals surface area (Å²) in [6, 6.07) is 1.92. The molecule has 0 amide bonds. The van der Waals surface area contributed by atoms with Crippen LogP contribution in [-0.4, -0.2) is 21.5 Å². The summed E-state index contributed by atoms with van der Waals surface area (Å²) in [5.74, 6) is 0. The predicted octanol–water partition coefficient (Wildman–Crippen LogP) is 1.35. The van der Waals surface area contributed by atoms with E-state index in [1.54, 1.807) is 31.0 Å². The fourth-order valence-electron chi connectivity index (χ4n) is 1.85. The van der Waals surface area contributed by atoms with Crippen molar-refractivity contribution in [3.05, 3.63) is 48.3 Å². The number of pyridine rings is 1. The number of nitrogens with one attached hydrogen (secondary N) is 1. The highest BCUT2D eigenvalue weighted by atomic mass is 14.9. The number of nitrogen functional groups attached to an aromatic ring is 1. The van der Waals surface area contributed by atoms with E-state index in [0.29, 0.717) is 0 Å². The second-order valence-electron chi connectivity index (χ2n) is 4.02. The van der Waals surface area contributed by atoms with Crippen molar-refractivity contribution in [2.75, 3.05) is 12.3 Å². The number of hydrogen-bond acceptors (Lipinski definition) is 5. The van der Waals surface area contributed by atoms with E-state index in [-0.39, 0.29) is 6.04 Å². The summed E-state index contributed by atoms with van der Waals surface area (Å²) in [7, 11) is 0. The van der Waals surface area contributed by atoms with Gasteiger partial charge in [-0.1, -0.05) is 6.92 Å². The Hall–Kier alpha value is -2.01. The highest BCUT2D eigenvalue weighted by Crippen LogP contribution is 2.19. The lowest BCUT2D eigenvalue weighted by Crippen LogP contribution is -2.24. The Labute approximate surface area is 106 Å². The molecule has 0 aliphatic heterocycles. The molecule has 5 heteroatoms. The van der Waals surface area contributed by atoms with Crippen molar-refractivity contribution in [1.82, 2.24) is 20.3 Å². The van der Waals surface area contributed by atoms with Crippen LogP contribution in [0, 0.1) is 0 Å². The SMILES string of the molecule is CCNC(Cc1cnccc1N)c1cnccn1. The van der Waals surface area contributed by atoms with Crippen LogP contribution in [-0.2, 0) is 6.42 Å². The molecule has 2 heterocycles. The van der Waals surface area contributed by atoms with Crippen molar-refractivity contribution in [1.29, 1.82) is 0 Å². The van der Waals surface area contributed by atoms with Gasteiger partial charge in [0.2, 0.25) is 0 Å². The maximum atomic E-state index is 5.94. The normalized spacial score (nSPS) is 12.3. The van der Waals surface area contributed by atoms with Gasteiger partial charge in [-0.3, -0.25) is 15.0 Å². The average Bonchev–Trinajstić information content (AvgIpc) is 2.42. The fraction of sp³-hybridized carbons (Fsp3) is 0.308. The number of hydrogen-bond donors (Lipinski definition) is 2. The van der Waals surface area contributed by atoms with Gasteiger partial charge in [0, 0.05) is 36.7 Å². The van der Waals surface area contributed by atoms with E-state index in [1.807, 2.05) is 6.07 Å². The molecule has 18 heavy (non-hydrogen) atoms. The van der Waals surface area contributed by atoms with Crippen LogP contribution in [0.25, 0.3) is 0 Å². The Bertz CT molecular complexity index is 486. The molecule has 1 unspecified atom stereocenters. The summed E-state index contributed by atoms with van der Waals surface area (Å²) >= 11 is 0. The van der Waals surface area contributed by atoms with E-state index in [4.69, 9.17) is 5.73 Å². The summed E-state index contributed by atoms with van der Waals surface area (Å²) in [4.78, 5) is 12.5. The van der Waals surface area contributed by atoms with E-state index >= 15 is 0 Å². The minimum atomic E-state index is 0.107. The number of aromatic nitrogens is 3. The minimum absolute atomic E-state index is 0.107. The molecule has 0 bridgehead atoms. The largest absolute Gasteiger partial charge is 0.398 e. The van der Waals surface area contributed by atoms with Crippen molar-refractivity contribution >= 4 is 5.69 Å². The maximum Gasteiger partial charge on any atom is 0.0759 e. The molecule has 0 aliphatic carbocycles. The zero-order valence-electron chi connectivity index (χ0n) is 10.4. The maximum absolute atomic E-state index is 5.94. The molecule has 0 radical (unpaired) electrons. The van der Waals surface area contributed by atoms with Gasteiger partial charge < -0.3 is 11.1 Å². The molecule has 2 aromatic rings. The van der Waals surface area contributed by atoms with Crippen LogP contribution in [0.2, 0.25) is 0 Å². The van der Waals surface area contributed by atoms with Crippen LogP contribution < -0.4 is 11.1 Å². The van der Waals surface area contributed by atoms with Crippen LogP contribution in [0.4, 0.5) is 5.69 Å². The molecule has 0 saturated carbocycles. The third-order valence-electron chi connectivity index (χ3n) is 2.76. The lowest BCUT2D eigenvalue weighted by molar-refractivity contribution is 0.534. The molecule has 0 saturated heterocycles. The fourth-order valence-corrected chi connectivity index (χ4v) is 1.85. The van der Waals surface area contributed by atoms with E-state index in [9.17, 15) is 0 Å². The van der Waals surface area contributed by atoms with Crippen molar-refractivity contribution in [3.8, 4) is 0 Å². The Morgan fingerprint density at radius 1 is 1.22 bits per heavy atom. The highest BCUT2D eigenvalue weighted by molar-refractivity contribution is 5.44. The molecule has 0 spiro atoms. The molecule has 5 nitrogen and oxygen atoms in total. The number of nitrogens with two attached hydrogens (primary N) is 1. The number of likely N-dealkylation sites (N-methyl/N-ethyl adjacent to an activating group) is 1. The van der Waals surface area contributed by atoms with E-state index in [2.05, 4.69) is 27.2 Å². The topological polar surface area (TPSA) is 76.7 Å². The quantitative estimate of drug-likeness (QED) is 0.829. The van der Waals surface area contributed by atoms with Gasteiger partial charge in [-0.05, 0) is 24.6 Å². The first kappa shape index (κ1) is 12.4. The van der Waals surface area contributed by atoms with Gasteiger partial charge in [0.25, 0.3) is 0 Å². The lowest BCUT2D eigenvalue weighted by atomic mass is 10.0. The summed E-state index contributed by atoms with van der Waals surface area (Å²) in [5.41, 5.74) is 8.64. The third-order valence-corrected chi connectivity index (χ3v) is 2.76. The smallest absolute Gasteiger partial charge is 0.0759 e. The Morgan fingerprint density at radius 2 is 2.06 bits per heavy atom. The summed E-state index contributed by atoms with van der Waals surface area (Å²) < 4.78 is 0. The summed E-state index contributed by atoms with van der Waals surface area (Å²) in [6.45, 7) is 2.93. The number of anilines is 1. The average molecular weight is 243 g/mol. The highest BCUT2D eigenvalue weighted by Gasteiger charge is 2.14. The predicted molar refractivity (Wildman–Crippen MR) is 70.8 cm³/mol. The molecule has 2 rings (SSSR count). The first-order chi connectivity index (χ1) is 8.81. The van der Waals surface area contributed by atoms with Gasteiger partial charge in [-0.2, -0.15) is 0 Å². The van der Waals surface area contributed by atoms with Crippen LogP contribution in [0.5, 0.6) is 0 Å². The van der Waals surface area contributed by atoms with Gasteiger partial charge in [-0.25, -0.2) is 0 Å². The molecule has 0 fully saturated rings. The minimum Gasteiger partial charge on any atom is -0.398 e. The van der Waals surface area contributed by atoms with Crippen LogP contribution in [0.1, 0.15) is 24.2 Å². The first-order valence-electron chi connectivity index (χ1n) is 5.99. The van der Waals surface area contributed by atoms with Crippen molar-refractivity contribution < 1.29 is 0 Å². The summed E-state index contributed by atoms with van der Waals surface area (Å²) in [5, 5.41) is 3.39. The zero-order valence-corrected chi connectivity index (χ0v) is 10.4. The first-order valence-corrected chi connectivity index (χ1v) is 5.99. The third kappa shape index (κ3) is 3.01. The molecule has 1 atom stereocenters. The monoisotopic (exact) mass is 243 g/mol. The van der Waals surface area contributed by atoms with Crippen molar-refractivity contribution in [2.45, 2.75) is 19.4 Å². The molecule has 0 aromatic carbocycles. The van der Waals surface area contributed by atoms with Gasteiger partial charge in [0.15, 0.2) is 0 Å². The Kier molecular flexibility index (Phi) is 4.20. The molecule has 2 aromatic heterocycles. The van der Waals surface area contributed by atoms with E-state index in [0.717, 1.165) is 29.9 Å². The van der Waals surface area contributed by atoms with Gasteiger partial charge in [-0.15, -0.1) is 0 Å². The second-order valence-corrected chi connectivity index (χ2v) is 4.02. The molecule has 0 aliphatic rings. The van der Waals surface area contributed by atoms with Crippen molar-refractivity contribution in [2.24, 2.45) is 0 Å². The molecule has 3 N–H and O–H groups in total. The van der Waals surface area contributed by atoms with E-state index < -0.39 is 0 Å². The van der Waals surface area contributed by atoms with Gasteiger partial charge in [0.05, 0.1) is 11.7 Å². The second kappa shape index (κ2) is 6.07. The zero-order chi connectivity index (χ0) is 12.8. The van der Waals surface area contributed by atoms with E-state index in [1.165, 1.54) is 0 Å². The van der Waals surface area contributed by atoms with Crippen molar-refractivity contribution in [3.63, 3.8) is 0 Å². The Morgan fingerprint density at radius 3 is 2.72 bits per heavy atom. The number of nitrogens with zero attached hydrogens (tertiary/aromatic N) is 3. The van der Waals surface area contributed by atoms with Crippen LogP contribution >= 0.6 is 0 Å². The molecular formula is C13H17N5.